The van der Waals surface area contributed by atoms with Crippen LogP contribution in [0, 0.1) is 11.3 Å². The number of amides is 1. The average Bonchev–Trinajstić information content (AvgIpc) is 3.02. The first-order chi connectivity index (χ1) is 21.5. The molecule has 2 aliphatic rings. The molecule has 5 rings (SSSR count). The van der Waals surface area contributed by atoms with Crippen LogP contribution >= 0.6 is 0 Å². The lowest BCUT2D eigenvalue weighted by Crippen LogP contribution is -2.50. The van der Waals surface area contributed by atoms with Crippen LogP contribution in [0.4, 0.5) is 26.6 Å². The number of methoxy groups -OCH3 is 1. The van der Waals surface area contributed by atoms with E-state index in [0.29, 0.717) is 28.9 Å². The Bertz CT molecular complexity index is 1550. The van der Waals surface area contributed by atoms with Crippen LogP contribution in [0.2, 0.25) is 0 Å². The van der Waals surface area contributed by atoms with Crippen molar-refractivity contribution in [1.82, 2.24) is 24.8 Å². The van der Waals surface area contributed by atoms with Crippen LogP contribution in [0.1, 0.15) is 32.8 Å². The maximum Gasteiger partial charge on any atom is 0.410 e. The molecule has 1 N–H and O–H groups in total. The summed E-state index contributed by atoms with van der Waals surface area (Å²) >= 11 is 0. The van der Waals surface area contributed by atoms with Gasteiger partial charge in [-0.2, -0.15) is 10.2 Å². The monoisotopic (exact) mass is 618 g/mol. The summed E-state index contributed by atoms with van der Waals surface area (Å²) in [6.45, 7) is 9.16. The number of hydrogen-bond donors (Lipinski definition) is 1. The minimum absolute atomic E-state index is 0.143. The molecule has 2 aromatic heterocycles. The Hall–Kier alpha value is -4.70. The Morgan fingerprint density at radius 1 is 1.09 bits per heavy atom. The van der Waals surface area contributed by atoms with E-state index in [1.165, 1.54) is 4.90 Å². The topological polar surface area (TPSA) is 129 Å². The van der Waals surface area contributed by atoms with Crippen LogP contribution in [0.15, 0.2) is 42.6 Å². The van der Waals surface area contributed by atoms with E-state index in [4.69, 9.17) is 14.2 Å². The summed E-state index contributed by atoms with van der Waals surface area (Å²) in [7, 11) is 3.71. The van der Waals surface area contributed by atoms with E-state index in [1.807, 2.05) is 12.1 Å². The number of piperidine rings is 1. The van der Waals surface area contributed by atoms with Crippen molar-refractivity contribution in [2.45, 2.75) is 45.1 Å². The molecule has 4 heterocycles. The standard InChI is InChI=1S/C32H39FN8O4/c1-32(2,3)45-31(42)41-13-11-27(23(33)20-41)44-26-8-6-21(18-22(26)19-34)24-10-12-35-30(36-24)38-28-9-7-25(29(37-28)43-5)40-16-14-39(4)15-17-40/h6-10,12,18,23,27H,11,13-17,20H2,1-5H3,(H,35,36,37,38)/t23-,27+/m1/s1. The second-order valence-electron chi connectivity index (χ2n) is 12.1. The summed E-state index contributed by atoms with van der Waals surface area (Å²) in [5.41, 5.74) is 1.75. The average molecular weight is 619 g/mol. The molecule has 2 saturated heterocycles. The predicted molar refractivity (Wildman–Crippen MR) is 168 cm³/mol. The summed E-state index contributed by atoms with van der Waals surface area (Å²) in [5, 5.41) is 13.0. The third-order valence-electron chi connectivity index (χ3n) is 7.58. The highest BCUT2D eigenvalue weighted by Crippen LogP contribution is 2.31. The van der Waals surface area contributed by atoms with Crippen molar-refractivity contribution in [2.24, 2.45) is 0 Å². The van der Waals surface area contributed by atoms with E-state index in [1.54, 1.807) is 58.3 Å². The third-order valence-corrected chi connectivity index (χ3v) is 7.58. The third kappa shape index (κ3) is 7.88. The Morgan fingerprint density at radius 2 is 1.87 bits per heavy atom. The van der Waals surface area contributed by atoms with Crippen LogP contribution in [0.3, 0.4) is 0 Å². The zero-order valence-electron chi connectivity index (χ0n) is 26.3. The molecule has 238 valence electrons. The number of rotatable bonds is 7. The van der Waals surface area contributed by atoms with Gasteiger partial charge in [0.05, 0.1) is 24.9 Å². The zero-order valence-corrected chi connectivity index (χ0v) is 26.3. The summed E-state index contributed by atoms with van der Waals surface area (Å²) < 4.78 is 32.0. The number of ether oxygens (including phenoxy) is 3. The molecular formula is C32H39FN8O4. The van der Waals surface area contributed by atoms with Crippen LogP contribution < -0.4 is 19.7 Å². The molecule has 13 heteroatoms. The molecule has 0 spiro atoms. The predicted octanol–water partition coefficient (Wildman–Crippen LogP) is 4.64. The number of nitriles is 1. The Kier molecular flexibility index (Phi) is 9.53. The number of likely N-dealkylation sites (tertiary alicyclic amines) is 1. The molecule has 45 heavy (non-hydrogen) atoms. The van der Waals surface area contributed by atoms with Crippen LogP contribution in [-0.4, -0.2) is 102 Å². The van der Waals surface area contributed by atoms with E-state index < -0.39 is 24.0 Å². The van der Waals surface area contributed by atoms with Gasteiger partial charge in [0.1, 0.15) is 35.0 Å². The number of nitrogens with one attached hydrogen (secondary N) is 1. The maximum atomic E-state index is 15.1. The van der Waals surface area contributed by atoms with Crippen molar-refractivity contribution in [3.8, 4) is 29.0 Å². The van der Waals surface area contributed by atoms with E-state index >= 15 is 4.39 Å². The molecule has 2 aliphatic heterocycles. The van der Waals surface area contributed by atoms with Gasteiger partial charge in [0.25, 0.3) is 0 Å². The van der Waals surface area contributed by atoms with Gasteiger partial charge in [0.15, 0.2) is 6.17 Å². The van der Waals surface area contributed by atoms with Gasteiger partial charge < -0.3 is 34.2 Å². The second kappa shape index (κ2) is 13.5. The maximum absolute atomic E-state index is 15.1. The highest BCUT2D eigenvalue weighted by atomic mass is 19.1. The Balaban J connectivity index is 1.25. The number of likely N-dealkylation sites (N-methyl/N-ethyl adjacent to an activating group) is 1. The number of halogens is 1. The number of piperazine rings is 1. The molecule has 0 unspecified atom stereocenters. The number of carbonyl (C=O) groups excluding carboxylic acids is 1. The number of benzene rings is 1. The number of hydrogen-bond acceptors (Lipinski definition) is 11. The van der Waals surface area contributed by atoms with E-state index in [9.17, 15) is 10.1 Å². The van der Waals surface area contributed by atoms with Crippen molar-refractivity contribution in [1.29, 1.82) is 5.26 Å². The van der Waals surface area contributed by atoms with Crippen LogP contribution in [-0.2, 0) is 4.74 Å². The first-order valence-corrected chi connectivity index (χ1v) is 14.9. The van der Waals surface area contributed by atoms with Crippen LogP contribution in [0.25, 0.3) is 11.3 Å². The number of pyridine rings is 1. The number of nitrogens with zero attached hydrogens (tertiary/aromatic N) is 7. The highest BCUT2D eigenvalue weighted by molar-refractivity contribution is 5.68. The van der Waals surface area contributed by atoms with Gasteiger partial charge in [-0.05, 0) is 64.2 Å². The molecule has 1 amide bonds. The fourth-order valence-electron chi connectivity index (χ4n) is 5.19. The first kappa shape index (κ1) is 31.7. The normalized spacial score (nSPS) is 19.0. The van der Waals surface area contributed by atoms with Crippen molar-refractivity contribution >= 4 is 23.5 Å². The molecule has 1 aromatic carbocycles. The molecule has 2 atom stereocenters. The first-order valence-electron chi connectivity index (χ1n) is 14.9. The van der Waals surface area contributed by atoms with Crippen molar-refractivity contribution in [3.05, 3.63) is 48.2 Å². The highest BCUT2D eigenvalue weighted by Gasteiger charge is 2.35. The number of carbonyl (C=O) groups is 1. The molecule has 0 bridgehead atoms. The second-order valence-corrected chi connectivity index (χ2v) is 12.1. The van der Waals surface area contributed by atoms with Crippen LogP contribution in [0.5, 0.6) is 11.6 Å². The van der Waals surface area contributed by atoms with Gasteiger partial charge in [-0.3, -0.25) is 0 Å². The molecule has 12 nitrogen and oxygen atoms in total. The van der Waals surface area contributed by atoms with Gasteiger partial charge in [0.2, 0.25) is 11.8 Å². The van der Waals surface area contributed by atoms with Gasteiger partial charge in [-0.15, -0.1) is 0 Å². The van der Waals surface area contributed by atoms with Gasteiger partial charge in [0, 0.05) is 50.9 Å². The fraction of sp³-hybridized carbons (Fsp3) is 0.469. The largest absolute Gasteiger partial charge is 0.486 e. The molecule has 0 aliphatic carbocycles. The van der Waals surface area contributed by atoms with E-state index in [-0.39, 0.29) is 30.8 Å². The minimum Gasteiger partial charge on any atom is -0.486 e. The molecule has 2 fully saturated rings. The van der Waals surface area contributed by atoms with Gasteiger partial charge >= 0.3 is 6.09 Å². The van der Waals surface area contributed by atoms with E-state index in [2.05, 4.69) is 43.2 Å². The van der Waals surface area contributed by atoms with Crippen molar-refractivity contribution in [3.63, 3.8) is 0 Å². The van der Waals surface area contributed by atoms with Crippen molar-refractivity contribution in [2.75, 3.05) is 63.6 Å². The lowest BCUT2D eigenvalue weighted by atomic mass is 10.0. The summed E-state index contributed by atoms with van der Waals surface area (Å²) in [5.74, 6) is 1.64. The summed E-state index contributed by atoms with van der Waals surface area (Å²) in [6, 6.07) is 12.8. The molecule has 0 radical (unpaired) electrons. The molecular weight excluding hydrogens is 579 g/mol. The molecule has 3 aromatic rings. The quantitative estimate of drug-likeness (QED) is 0.398. The number of alkyl halides is 1. The van der Waals surface area contributed by atoms with Crippen molar-refractivity contribution < 1.29 is 23.4 Å². The summed E-state index contributed by atoms with van der Waals surface area (Å²) in [6.07, 6.45) is -0.909. The minimum atomic E-state index is -1.43. The lowest BCUT2D eigenvalue weighted by molar-refractivity contribution is -0.0106. The summed E-state index contributed by atoms with van der Waals surface area (Å²) in [4.78, 5) is 31.8. The lowest BCUT2D eigenvalue weighted by Gasteiger charge is -2.35. The van der Waals surface area contributed by atoms with E-state index in [0.717, 1.165) is 31.9 Å². The smallest absolute Gasteiger partial charge is 0.410 e. The SMILES string of the molecule is COc1nc(Nc2nccc(-c3ccc(O[C@H]4CCN(C(=O)OC(C)(C)C)C[C@H]4F)c(C#N)c3)n2)ccc1N1CCN(C)CC1. The Morgan fingerprint density at radius 3 is 2.56 bits per heavy atom. The number of aromatic nitrogens is 3. The molecule has 0 saturated carbocycles. The number of anilines is 3. The zero-order chi connectivity index (χ0) is 32.1. The Labute approximate surface area is 262 Å². The van der Waals surface area contributed by atoms with Gasteiger partial charge in [-0.1, -0.05) is 0 Å². The fourth-order valence-corrected chi connectivity index (χ4v) is 5.19. The van der Waals surface area contributed by atoms with Gasteiger partial charge in [-0.25, -0.2) is 19.2 Å².